The topological polar surface area (TPSA) is 123 Å². The normalized spacial score (nSPS) is 13.8. The first kappa shape index (κ1) is 25.2. The Morgan fingerprint density at radius 1 is 1.03 bits per heavy atom. The largest absolute Gasteiger partial charge is 0.493 e. The Morgan fingerprint density at radius 3 is 2.17 bits per heavy atom. The molecular weight excluding hydrogens is 452 g/mol. The van der Waals surface area contributed by atoms with Gasteiger partial charge in [0.2, 0.25) is 0 Å². The second-order valence-electron chi connectivity index (χ2n) is 8.16. The van der Waals surface area contributed by atoms with Gasteiger partial charge in [0.15, 0.2) is 11.5 Å². The van der Waals surface area contributed by atoms with Crippen molar-refractivity contribution in [3.05, 3.63) is 64.7 Å². The molecule has 0 radical (unpaired) electrons. The van der Waals surface area contributed by atoms with Crippen LogP contribution in [0.3, 0.4) is 0 Å². The van der Waals surface area contributed by atoms with Gasteiger partial charge in [-0.3, -0.25) is 14.5 Å². The van der Waals surface area contributed by atoms with E-state index in [1.807, 2.05) is 13.8 Å². The summed E-state index contributed by atoms with van der Waals surface area (Å²) in [7, 11) is 2.53. The summed E-state index contributed by atoms with van der Waals surface area (Å²) < 4.78 is 15.5. The van der Waals surface area contributed by atoms with E-state index in [1.54, 1.807) is 30.3 Å². The maximum atomic E-state index is 13.2. The van der Waals surface area contributed by atoms with Crippen molar-refractivity contribution in [2.75, 3.05) is 14.2 Å². The van der Waals surface area contributed by atoms with Crippen molar-refractivity contribution in [2.24, 2.45) is 5.92 Å². The zero-order valence-corrected chi connectivity index (χ0v) is 19.7. The third-order valence-corrected chi connectivity index (χ3v) is 5.34. The molecule has 9 heteroatoms. The van der Waals surface area contributed by atoms with Crippen molar-refractivity contribution in [2.45, 2.75) is 26.3 Å². The van der Waals surface area contributed by atoms with Gasteiger partial charge < -0.3 is 14.2 Å². The number of carbonyl (C=O) groups is 4. The van der Waals surface area contributed by atoms with Gasteiger partial charge in [-0.1, -0.05) is 32.0 Å². The Labute approximate surface area is 202 Å². The third kappa shape index (κ3) is 5.22. The molecule has 0 saturated heterocycles. The van der Waals surface area contributed by atoms with E-state index in [4.69, 9.17) is 14.7 Å². The monoisotopic (exact) mass is 476 g/mol. The van der Waals surface area contributed by atoms with Crippen molar-refractivity contribution < 1.29 is 33.4 Å². The van der Waals surface area contributed by atoms with E-state index in [9.17, 15) is 19.2 Å². The molecule has 2 aromatic rings. The van der Waals surface area contributed by atoms with Crippen LogP contribution in [-0.2, 0) is 14.3 Å². The molecule has 2 amide bonds. The third-order valence-electron chi connectivity index (χ3n) is 5.34. The zero-order chi connectivity index (χ0) is 25.7. The van der Waals surface area contributed by atoms with Gasteiger partial charge in [-0.2, -0.15) is 5.26 Å². The van der Waals surface area contributed by atoms with Crippen LogP contribution >= 0.6 is 0 Å². The van der Waals surface area contributed by atoms with Crippen molar-refractivity contribution in [3.63, 3.8) is 0 Å². The number of methoxy groups -OCH3 is 2. The maximum Gasteiger partial charge on any atom is 0.348 e. The number of fused-ring (bicyclic) bond motifs is 1. The van der Waals surface area contributed by atoms with Gasteiger partial charge in [-0.05, 0) is 48.2 Å². The van der Waals surface area contributed by atoms with Gasteiger partial charge in [0.25, 0.3) is 11.8 Å². The molecule has 1 unspecified atom stereocenters. The molecule has 1 aliphatic rings. The van der Waals surface area contributed by atoms with Gasteiger partial charge in [0.05, 0.1) is 25.3 Å². The number of benzene rings is 2. The predicted octanol–water partition coefficient (Wildman–Crippen LogP) is 3.39. The molecule has 0 fully saturated rings. The Balaban J connectivity index is 1.91. The molecule has 35 heavy (non-hydrogen) atoms. The fraction of sp³-hybridized carbons (Fsp3) is 0.269. The number of nitriles is 1. The van der Waals surface area contributed by atoms with Gasteiger partial charge in [-0.15, -0.1) is 0 Å². The van der Waals surface area contributed by atoms with Crippen LogP contribution in [0.1, 0.15) is 46.5 Å². The molecule has 3 rings (SSSR count). The number of hydrogen-bond donors (Lipinski definition) is 0. The first-order valence-corrected chi connectivity index (χ1v) is 10.8. The minimum Gasteiger partial charge on any atom is -0.493 e. The van der Waals surface area contributed by atoms with E-state index >= 15 is 0 Å². The van der Waals surface area contributed by atoms with Crippen molar-refractivity contribution >= 4 is 29.8 Å². The van der Waals surface area contributed by atoms with Crippen LogP contribution in [-0.4, -0.2) is 48.9 Å². The first-order valence-electron chi connectivity index (χ1n) is 10.8. The first-order chi connectivity index (χ1) is 16.7. The van der Waals surface area contributed by atoms with Crippen molar-refractivity contribution in [1.82, 2.24) is 4.90 Å². The highest BCUT2D eigenvalue weighted by Gasteiger charge is 2.43. The van der Waals surface area contributed by atoms with Gasteiger partial charge in [-0.25, -0.2) is 9.59 Å². The number of rotatable bonds is 8. The molecule has 1 heterocycles. The fourth-order valence-electron chi connectivity index (χ4n) is 3.69. The van der Waals surface area contributed by atoms with Crippen LogP contribution in [0.2, 0.25) is 0 Å². The predicted molar refractivity (Wildman–Crippen MR) is 124 cm³/mol. The fourth-order valence-corrected chi connectivity index (χ4v) is 3.69. The lowest BCUT2D eigenvalue weighted by molar-refractivity contribution is -0.139. The van der Waals surface area contributed by atoms with E-state index in [0.29, 0.717) is 5.56 Å². The number of nitrogens with zero attached hydrogens (tertiary/aromatic N) is 2. The number of amides is 2. The highest BCUT2D eigenvalue weighted by Crippen LogP contribution is 2.32. The quantitative estimate of drug-likeness (QED) is 0.187. The highest BCUT2D eigenvalue weighted by atomic mass is 16.6. The standard InChI is InChI=1S/C26H24N2O7/c1-15(2)11-20(28-23(29)18-7-5-6-8-19(18)24(28)30)26(32)35-21-10-9-16(13-22(21)33-3)12-17(14-27)25(31)34-4/h5-10,12-13,15,20H,11H2,1-4H3. The summed E-state index contributed by atoms with van der Waals surface area (Å²) in [6, 6.07) is 11.4. The molecule has 0 bridgehead atoms. The van der Waals surface area contributed by atoms with Crippen LogP contribution in [0.4, 0.5) is 0 Å². The Morgan fingerprint density at radius 2 is 1.66 bits per heavy atom. The van der Waals surface area contributed by atoms with Gasteiger partial charge >= 0.3 is 11.9 Å². The number of carbonyl (C=O) groups excluding carboxylic acids is 4. The zero-order valence-electron chi connectivity index (χ0n) is 19.7. The summed E-state index contributed by atoms with van der Waals surface area (Å²) in [5.74, 6) is -2.49. The molecule has 2 aromatic carbocycles. The average molecular weight is 476 g/mol. The van der Waals surface area contributed by atoms with Crippen LogP contribution in [0, 0.1) is 17.2 Å². The SMILES string of the molecule is COC(=O)C(C#N)=Cc1ccc(OC(=O)C(CC(C)C)N2C(=O)c3ccccc3C2=O)c(OC)c1. The van der Waals surface area contributed by atoms with E-state index in [2.05, 4.69) is 4.74 Å². The lowest BCUT2D eigenvalue weighted by Gasteiger charge is -2.26. The summed E-state index contributed by atoms with van der Waals surface area (Å²) in [6.07, 6.45) is 1.51. The minimum atomic E-state index is -1.14. The molecule has 0 aliphatic carbocycles. The summed E-state index contributed by atoms with van der Waals surface area (Å²) in [6.45, 7) is 3.74. The number of imide groups is 1. The maximum absolute atomic E-state index is 13.2. The smallest absolute Gasteiger partial charge is 0.348 e. The Kier molecular flexibility index (Phi) is 7.66. The summed E-state index contributed by atoms with van der Waals surface area (Å²) in [4.78, 5) is 51.8. The number of esters is 2. The molecule has 180 valence electrons. The summed E-state index contributed by atoms with van der Waals surface area (Å²) in [5, 5.41) is 9.15. The molecule has 0 aromatic heterocycles. The summed E-state index contributed by atoms with van der Waals surface area (Å²) >= 11 is 0. The van der Waals surface area contributed by atoms with E-state index in [1.165, 1.54) is 38.5 Å². The van der Waals surface area contributed by atoms with Crippen LogP contribution in [0.15, 0.2) is 48.0 Å². The van der Waals surface area contributed by atoms with Crippen molar-refractivity contribution in [3.8, 4) is 17.6 Å². The lowest BCUT2D eigenvalue weighted by atomic mass is 10.0. The van der Waals surface area contributed by atoms with Crippen LogP contribution in [0.5, 0.6) is 11.5 Å². The van der Waals surface area contributed by atoms with E-state index in [-0.39, 0.29) is 40.5 Å². The van der Waals surface area contributed by atoms with Gasteiger partial charge in [0.1, 0.15) is 17.7 Å². The molecule has 1 atom stereocenters. The molecule has 1 aliphatic heterocycles. The van der Waals surface area contributed by atoms with E-state index < -0.39 is 29.8 Å². The minimum absolute atomic E-state index is 0.0194. The van der Waals surface area contributed by atoms with Gasteiger partial charge in [0, 0.05) is 0 Å². The number of ether oxygens (including phenoxy) is 3. The summed E-state index contributed by atoms with van der Waals surface area (Å²) in [5.41, 5.74) is 0.697. The highest BCUT2D eigenvalue weighted by molar-refractivity contribution is 6.22. The second-order valence-corrected chi connectivity index (χ2v) is 8.16. The van der Waals surface area contributed by atoms with E-state index in [0.717, 1.165) is 4.90 Å². The average Bonchev–Trinajstić information content (AvgIpc) is 3.10. The van der Waals surface area contributed by atoms with Crippen molar-refractivity contribution in [1.29, 1.82) is 5.26 Å². The Hall–Kier alpha value is -4.45. The lowest BCUT2D eigenvalue weighted by Crippen LogP contribution is -2.47. The number of hydrogen-bond acceptors (Lipinski definition) is 8. The molecule has 0 spiro atoms. The molecular formula is C26H24N2O7. The van der Waals surface area contributed by atoms with Crippen LogP contribution < -0.4 is 9.47 Å². The molecule has 9 nitrogen and oxygen atoms in total. The molecule has 0 saturated carbocycles. The second kappa shape index (κ2) is 10.7. The Bertz CT molecular complexity index is 1220. The molecule has 0 N–H and O–H groups in total. The van der Waals surface area contributed by atoms with Crippen LogP contribution in [0.25, 0.3) is 6.08 Å².